The van der Waals surface area contributed by atoms with Crippen LogP contribution in [0.25, 0.3) is 0 Å². The van der Waals surface area contributed by atoms with Gasteiger partial charge in [-0.25, -0.2) is 0 Å². The molecule has 0 radical (unpaired) electrons. The molecule has 2 rings (SSSR count). The van der Waals surface area contributed by atoms with Crippen molar-refractivity contribution >= 4 is 12.0 Å². The van der Waals surface area contributed by atoms with E-state index in [0.717, 1.165) is 30.6 Å². The number of hydrogen-bond donors (Lipinski definition) is 0. The first-order chi connectivity index (χ1) is 7.70. The number of carbonyl (C=O) groups is 1. The Morgan fingerprint density at radius 1 is 1.25 bits per heavy atom. The fraction of sp³-hybridized carbons (Fsp3) is 0.462. The Bertz CT molecular complexity index is 368. The summed E-state index contributed by atoms with van der Waals surface area (Å²) in [5, 5.41) is 0. The fourth-order valence-electron chi connectivity index (χ4n) is 2.25. The maximum atomic E-state index is 11.0. The number of ether oxygens (including phenoxy) is 1. The second kappa shape index (κ2) is 4.66. The molecule has 0 unspecified atom stereocenters. The molecule has 0 amide bonds. The van der Waals surface area contributed by atoms with E-state index in [1.807, 2.05) is 24.3 Å². The number of rotatable bonds is 2. The molecule has 86 valence electrons. The number of benzene rings is 1. The summed E-state index contributed by atoms with van der Waals surface area (Å²) in [6.07, 6.45) is 1.34. The summed E-state index contributed by atoms with van der Waals surface area (Å²) in [7, 11) is 0. The van der Waals surface area contributed by atoms with Crippen LogP contribution in [-0.2, 0) is 4.74 Å². The lowest BCUT2D eigenvalue weighted by Gasteiger charge is -2.37. The van der Waals surface area contributed by atoms with Crippen LogP contribution in [0.5, 0.6) is 0 Å². The van der Waals surface area contributed by atoms with Gasteiger partial charge in [-0.3, -0.25) is 4.79 Å². The molecule has 1 heterocycles. The van der Waals surface area contributed by atoms with Gasteiger partial charge in [-0.05, 0) is 26.0 Å². The third-order valence-corrected chi connectivity index (χ3v) is 2.82. The Balaban J connectivity index is 2.25. The van der Waals surface area contributed by atoms with Gasteiger partial charge in [0.15, 0.2) is 6.29 Å². The van der Waals surface area contributed by atoms with Crippen LogP contribution in [0.3, 0.4) is 0 Å². The standard InChI is InChI=1S/C13H17NO2/c1-10-7-14(8-11(2)16-10)13-6-4-3-5-12(13)9-15/h3-6,9-11H,7-8H2,1-2H3/t10-,11-/m0/s1. The monoisotopic (exact) mass is 219 g/mol. The van der Waals surface area contributed by atoms with E-state index in [9.17, 15) is 4.79 Å². The zero-order chi connectivity index (χ0) is 11.5. The van der Waals surface area contributed by atoms with Crippen molar-refractivity contribution in [1.82, 2.24) is 0 Å². The quantitative estimate of drug-likeness (QED) is 0.713. The van der Waals surface area contributed by atoms with E-state index in [1.165, 1.54) is 0 Å². The highest BCUT2D eigenvalue weighted by atomic mass is 16.5. The van der Waals surface area contributed by atoms with Crippen molar-refractivity contribution in [2.24, 2.45) is 0 Å². The average Bonchev–Trinajstić information content (AvgIpc) is 2.27. The average molecular weight is 219 g/mol. The minimum Gasteiger partial charge on any atom is -0.372 e. The van der Waals surface area contributed by atoms with E-state index >= 15 is 0 Å². The summed E-state index contributed by atoms with van der Waals surface area (Å²) in [5.41, 5.74) is 1.77. The molecule has 1 fully saturated rings. The Morgan fingerprint density at radius 2 is 1.88 bits per heavy atom. The SMILES string of the molecule is C[C@H]1CN(c2ccccc2C=O)C[C@H](C)O1. The summed E-state index contributed by atoms with van der Waals surface area (Å²) in [6.45, 7) is 5.81. The summed E-state index contributed by atoms with van der Waals surface area (Å²) in [5.74, 6) is 0. The molecule has 1 aromatic rings. The molecule has 1 aliphatic rings. The lowest BCUT2D eigenvalue weighted by molar-refractivity contribution is -0.00525. The van der Waals surface area contributed by atoms with Gasteiger partial charge in [0.05, 0.1) is 12.2 Å². The summed E-state index contributed by atoms with van der Waals surface area (Å²) < 4.78 is 5.68. The van der Waals surface area contributed by atoms with Gasteiger partial charge in [-0.15, -0.1) is 0 Å². The molecular weight excluding hydrogens is 202 g/mol. The van der Waals surface area contributed by atoms with Gasteiger partial charge in [0.1, 0.15) is 0 Å². The van der Waals surface area contributed by atoms with Crippen molar-refractivity contribution < 1.29 is 9.53 Å². The number of morpholine rings is 1. The van der Waals surface area contributed by atoms with Gasteiger partial charge in [0.25, 0.3) is 0 Å². The molecule has 2 atom stereocenters. The van der Waals surface area contributed by atoms with Crippen molar-refractivity contribution in [2.45, 2.75) is 26.1 Å². The molecule has 0 saturated carbocycles. The molecule has 1 aromatic carbocycles. The number of nitrogens with zero attached hydrogens (tertiary/aromatic N) is 1. The highest BCUT2D eigenvalue weighted by molar-refractivity contribution is 5.84. The minimum absolute atomic E-state index is 0.212. The maximum Gasteiger partial charge on any atom is 0.152 e. The van der Waals surface area contributed by atoms with Crippen molar-refractivity contribution in [3.8, 4) is 0 Å². The van der Waals surface area contributed by atoms with Crippen molar-refractivity contribution in [3.63, 3.8) is 0 Å². The first-order valence-corrected chi connectivity index (χ1v) is 5.65. The van der Waals surface area contributed by atoms with Gasteiger partial charge in [0.2, 0.25) is 0 Å². The zero-order valence-electron chi connectivity index (χ0n) is 9.72. The summed E-state index contributed by atoms with van der Waals surface area (Å²) >= 11 is 0. The van der Waals surface area contributed by atoms with E-state index < -0.39 is 0 Å². The van der Waals surface area contributed by atoms with Crippen LogP contribution in [0, 0.1) is 0 Å². The first kappa shape index (κ1) is 11.1. The molecule has 1 aliphatic heterocycles. The summed E-state index contributed by atoms with van der Waals surface area (Å²) in [6, 6.07) is 7.70. The van der Waals surface area contributed by atoms with Crippen molar-refractivity contribution in [3.05, 3.63) is 29.8 Å². The fourth-order valence-corrected chi connectivity index (χ4v) is 2.25. The first-order valence-electron chi connectivity index (χ1n) is 5.65. The smallest absolute Gasteiger partial charge is 0.152 e. The van der Waals surface area contributed by atoms with E-state index in [1.54, 1.807) is 0 Å². The Labute approximate surface area is 96.0 Å². The molecule has 0 N–H and O–H groups in total. The number of para-hydroxylation sites is 1. The second-order valence-corrected chi connectivity index (χ2v) is 4.34. The Kier molecular flexibility index (Phi) is 3.25. The molecule has 0 aliphatic carbocycles. The van der Waals surface area contributed by atoms with Gasteiger partial charge >= 0.3 is 0 Å². The highest BCUT2D eigenvalue weighted by Crippen LogP contribution is 2.23. The van der Waals surface area contributed by atoms with Crippen molar-refractivity contribution in [1.29, 1.82) is 0 Å². The van der Waals surface area contributed by atoms with E-state index in [2.05, 4.69) is 18.7 Å². The third-order valence-electron chi connectivity index (χ3n) is 2.82. The predicted molar refractivity (Wildman–Crippen MR) is 64.1 cm³/mol. The summed E-state index contributed by atoms with van der Waals surface area (Å²) in [4.78, 5) is 13.2. The van der Waals surface area contributed by atoms with Gasteiger partial charge in [-0.2, -0.15) is 0 Å². The Hall–Kier alpha value is -1.35. The van der Waals surface area contributed by atoms with Crippen LogP contribution in [-0.4, -0.2) is 31.6 Å². The van der Waals surface area contributed by atoms with Gasteiger partial charge < -0.3 is 9.64 Å². The maximum absolute atomic E-state index is 11.0. The zero-order valence-corrected chi connectivity index (χ0v) is 9.72. The third kappa shape index (κ3) is 2.25. The second-order valence-electron chi connectivity index (χ2n) is 4.34. The number of aldehydes is 1. The van der Waals surface area contributed by atoms with E-state index in [4.69, 9.17) is 4.74 Å². The molecule has 0 aromatic heterocycles. The van der Waals surface area contributed by atoms with Crippen LogP contribution in [0.1, 0.15) is 24.2 Å². The molecule has 16 heavy (non-hydrogen) atoms. The highest BCUT2D eigenvalue weighted by Gasteiger charge is 2.23. The molecule has 0 spiro atoms. The molecule has 3 nitrogen and oxygen atoms in total. The minimum atomic E-state index is 0.212. The van der Waals surface area contributed by atoms with Crippen LogP contribution >= 0.6 is 0 Å². The van der Waals surface area contributed by atoms with E-state index in [0.29, 0.717) is 0 Å². The van der Waals surface area contributed by atoms with Gasteiger partial charge in [0, 0.05) is 24.3 Å². The van der Waals surface area contributed by atoms with Crippen LogP contribution in [0.4, 0.5) is 5.69 Å². The van der Waals surface area contributed by atoms with Crippen LogP contribution < -0.4 is 4.90 Å². The number of anilines is 1. The Morgan fingerprint density at radius 3 is 2.50 bits per heavy atom. The number of hydrogen-bond acceptors (Lipinski definition) is 3. The van der Waals surface area contributed by atoms with Crippen LogP contribution in [0.15, 0.2) is 24.3 Å². The lowest BCUT2D eigenvalue weighted by atomic mass is 10.1. The number of carbonyl (C=O) groups excluding carboxylic acids is 1. The van der Waals surface area contributed by atoms with Crippen molar-refractivity contribution in [2.75, 3.05) is 18.0 Å². The normalized spacial score (nSPS) is 25.5. The van der Waals surface area contributed by atoms with Crippen LogP contribution in [0.2, 0.25) is 0 Å². The predicted octanol–water partition coefficient (Wildman–Crippen LogP) is 2.11. The molecule has 0 bridgehead atoms. The molecule has 1 saturated heterocycles. The largest absolute Gasteiger partial charge is 0.372 e. The lowest BCUT2D eigenvalue weighted by Crippen LogP contribution is -2.45. The molecule has 3 heteroatoms. The van der Waals surface area contributed by atoms with E-state index in [-0.39, 0.29) is 12.2 Å². The molecular formula is C13H17NO2. The topological polar surface area (TPSA) is 29.5 Å². The van der Waals surface area contributed by atoms with Gasteiger partial charge in [-0.1, -0.05) is 12.1 Å².